The third-order valence-corrected chi connectivity index (χ3v) is 3.26. The van der Waals surface area contributed by atoms with E-state index in [4.69, 9.17) is 12.2 Å². The second-order valence-corrected chi connectivity index (χ2v) is 5.06. The molecule has 0 unspecified atom stereocenters. The van der Waals surface area contributed by atoms with Crippen LogP contribution in [0.25, 0.3) is 11.1 Å². The molecule has 0 fully saturated rings. The fraction of sp³-hybridized carbons (Fsp3) is 0.176. The highest BCUT2D eigenvalue weighted by molar-refractivity contribution is 7.80. The summed E-state index contributed by atoms with van der Waals surface area (Å²) < 4.78 is 0. The lowest BCUT2D eigenvalue weighted by Gasteiger charge is -2.09. The van der Waals surface area contributed by atoms with Crippen LogP contribution in [0.15, 0.2) is 54.6 Å². The molecule has 4 heteroatoms. The topological polar surface area (TPSA) is 41.1 Å². The predicted molar refractivity (Wildman–Crippen MR) is 90.2 cm³/mol. The van der Waals surface area contributed by atoms with Gasteiger partial charge in [0.05, 0.1) is 0 Å². The molecule has 2 rings (SSSR count). The van der Waals surface area contributed by atoms with Crippen molar-refractivity contribution in [3.8, 4) is 11.1 Å². The third kappa shape index (κ3) is 4.39. The van der Waals surface area contributed by atoms with Crippen LogP contribution in [0.4, 0.5) is 0 Å². The summed E-state index contributed by atoms with van der Waals surface area (Å²) in [6, 6.07) is 17.5. The summed E-state index contributed by atoms with van der Waals surface area (Å²) in [5.74, 6) is -0.191. The molecular weight excluding hydrogens is 280 g/mol. The molecule has 2 aromatic carbocycles. The maximum Gasteiger partial charge on any atom is 0.257 e. The van der Waals surface area contributed by atoms with E-state index in [9.17, 15) is 4.79 Å². The van der Waals surface area contributed by atoms with Crippen molar-refractivity contribution in [3.63, 3.8) is 0 Å². The van der Waals surface area contributed by atoms with Gasteiger partial charge in [-0.1, -0.05) is 49.4 Å². The van der Waals surface area contributed by atoms with E-state index < -0.39 is 0 Å². The first kappa shape index (κ1) is 15.2. The van der Waals surface area contributed by atoms with Crippen LogP contribution < -0.4 is 10.6 Å². The molecule has 0 aliphatic carbocycles. The highest BCUT2D eigenvalue weighted by Crippen LogP contribution is 2.19. The Morgan fingerprint density at radius 1 is 1.00 bits per heavy atom. The Morgan fingerprint density at radius 2 is 1.62 bits per heavy atom. The molecule has 0 saturated carbocycles. The van der Waals surface area contributed by atoms with Crippen molar-refractivity contribution in [3.05, 3.63) is 60.2 Å². The number of carbonyl (C=O) groups excluding carboxylic acids is 1. The predicted octanol–water partition coefficient (Wildman–Crippen LogP) is 3.37. The number of benzene rings is 2. The van der Waals surface area contributed by atoms with Gasteiger partial charge >= 0.3 is 0 Å². The Balaban J connectivity index is 2.02. The normalized spacial score (nSPS) is 9.95. The zero-order chi connectivity index (χ0) is 15.1. The Hall–Kier alpha value is -2.20. The van der Waals surface area contributed by atoms with Crippen LogP contribution in [0.1, 0.15) is 23.7 Å². The van der Waals surface area contributed by atoms with E-state index in [0.717, 1.165) is 24.1 Å². The van der Waals surface area contributed by atoms with Crippen LogP contribution in [0.3, 0.4) is 0 Å². The molecule has 108 valence electrons. The number of rotatable bonds is 4. The maximum absolute atomic E-state index is 12.0. The van der Waals surface area contributed by atoms with Gasteiger partial charge in [0.25, 0.3) is 5.91 Å². The highest BCUT2D eigenvalue weighted by atomic mass is 32.1. The molecule has 0 aliphatic rings. The molecule has 2 aromatic rings. The Labute approximate surface area is 130 Å². The lowest BCUT2D eigenvalue weighted by atomic mass is 10.0. The van der Waals surface area contributed by atoms with E-state index in [1.165, 1.54) is 0 Å². The number of hydrogen-bond donors (Lipinski definition) is 2. The van der Waals surface area contributed by atoms with Gasteiger partial charge in [0.1, 0.15) is 0 Å². The molecule has 0 heterocycles. The molecule has 0 aliphatic heterocycles. The maximum atomic E-state index is 12.0. The third-order valence-electron chi connectivity index (χ3n) is 3.02. The number of nitrogens with one attached hydrogen (secondary N) is 2. The molecule has 3 nitrogen and oxygen atoms in total. The van der Waals surface area contributed by atoms with Gasteiger partial charge in [0.2, 0.25) is 0 Å². The molecule has 0 saturated heterocycles. The minimum atomic E-state index is -0.191. The van der Waals surface area contributed by atoms with E-state index in [-0.39, 0.29) is 5.91 Å². The lowest BCUT2D eigenvalue weighted by molar-refractivity contribution is 0.0976. The first-order chi connectivity index (χ1) is 10.2. The van der Waals surface area contributed by atoms with E-state index in [1.54, 1.807) is 12.1 Å². The van der Waals surface area contributed by atoms with E-state index in [1.807, 2.05) is 49.4 Å². The van der Waals surface area contributed by atoms with Crippen LogP contribution in [-0.2, 0) is 0 Å². The fourth-order valence-corrected chi connectivity index (χ4v) is 2.10. The molecular formula is C17H18N2OS. The first-order valence-electron chi connectivity index (χ1n) is 6.95. The van der Waals surface area contributed by atoms with Gasteiger partial charge in [-0.15, -0.1) is 0 Å². The summed E-state index contributed by atoms with van der Waals surface area (Å²) in [4.78, 5) is 12.0. The summed E-state index contributed by atoms with van der Waals surface area (Å²) in [6.07, 6.45) is 0.960. The second kappa shape index (κ2) is 7.55. The zero-order valence-corrected chi connectivity index (χ0v) is 12.7. The number of thiocarbonyl (C=S) groups is 1. The van der Waals surface area contributed by atoms with E-state index in [0.29, 0.717) is 10.7 Å². The lowest BCUT2D eigenvalue weighted by Crippen LogP contribution is -2.39. The van der Waals surface area contributed by atoms with Crippen LogP contribution in [0, 0.1) is 0 Å². The fourth-order valence-electron chi connectivity index (χ4n) is 1.90. The summed E-state index contributed by atoms with van der Waals surface area (Å²) in [5, 5.41) is 6.01. The number of hydrogen-bond acceptors (Lipinski definition) is 2. The Bertz CT molecular complexity index is 608. The highest BCUT2D eigenvalue weighted by Gasteiger charge is 2.07. The van der Waals surface area contributed by atoms with Crippen molar-refractivity contribution in [2.24, 2.45) is 0 Å². The Kier molecular flexibility index (Phi) is 5.46. The monoisotopic (exact) mass is 298 g/mol. The van der Waals surface area contributed by atoms with Gasteiger partial charge in [-0.05, 0) is 41.9 Å². The van der Waals surface area contributed by atoms with Gasteiger partial charge < -0.3 is 5.32 Å². The average Bonchev–Trinajstić information content (AvgIpc) is 2.54. The minimum absolute atomic E-state index is 0.191. The summed E-state index contributed by atoms with van der Waals surface area (Å²) in [5.41, 5.74) is 2.80. The molecule has 0 aromatic heterocycles. The van der Waals surface area contributed by atoms with Gasteiger partial charge in [0, 0.05) is 12.1 Å². The van der Waals surface area contributed by atoms with Crippen LogP contribution in [-0.4, -0.2) is 17.6 Å². The molecule has 0 bridgehead atoms. The average molecular weight is 298 g/mol. The van der Waals surface area contributed by atoms with Crippen molar-refractivity contribution in [2.45, 2.75) is 13.3 Å². The SMILES string of the molecule is CCCNC(=S)NC(=O)c1ccc(-c2ccccc2)cc1. The molecule has 0 radical (unpaired) electrons. The van der Waals surface area contributed by atoms with Gasteiger partial charge in [-0.25, -0.2) is 0 Å². The van der Waals surface area contributed by atoms with Crippen molar-refractivity contribution in [1.82, 2.24) is 10.6 Å². The van der Waals surface area contributed by atoms with Crippen molar-refractivity contribution < 1.29 is 4.79 Å². The molecule has 21 heavy (non-hydrogen) atoms. The molecule has 2 N–H and O–H groups in total. The minimum Gasteiger partial charge on any atom is -0.362 e. The Morgan fingerprint density at radius 3 is 2.24 bits per heavy atom. The van der Waals surface area contributed by atoms with Crippen molar-refractivity contribution >= 4 is 23.2 Å². The summed E-state index contributed by atoms with van der Waals surface area (Å²) in [6.45, 7) is 2.80. The second-order valence-electron chi connectivity index (χ2n) is 4.65. The standard InChI is InChI=1S/C17H18N2OS/c1-2-12-18-17(21)19-16(20)15-10-8-14(9-11-15)13-6-4-3-5-7-13/h3-11H,2,12H2,1H3,(H2,18,19,20,21). The van der Waals surface area contributed by atoms with Gasteiger partial charge in [-0.2, -0.15) is 0 Å². The van der Waals surface area contributed by atoms with Crippen LogP contribution in [0.2, 0.25) is 0 Å². The smallest absolute Gasteiger partial charge is 0.257 e. The van der Waals surface area contributed by atoms with Crippen molar-refractivity contribution in [1.29, 1.82) is 0 Å². The van der Waals surface area contributed by atoms with Gasteiger partial charge in [-0.3, -0.25) is 10.1 Å². The summed E-state index contributed by atoms with van der Waals surface area (Å²) in [7, 11) is 0. The largest absolute Gasteiger partial charge is 0.362 e. The summed E-state index contributed by atoms with van der Waals surface area (Å²) >= 11 is 5.05. The zero-order valence-electron chi connectivity index (χ0n) is 11.9. The van der Waals surface area contributed by atoms with Crippen molar-refractivity contribution in [2.75, 3.05) is 6.54 Å². The molecule has 1 amide bonds. The van der Waals surface area contributed by atoms with E-state index in [2.05, 4.69) is 10.6 Å². The number of carbonyl (C=O) groups is 1. The number of amides is 1. The first-order valence-corrected chi connectivity index (χ1v) is 7.36. The molecule has 0 spiro atoms. The van der Waals surface area contributed by atoms with E-state index >= 15 is 0 Å². The van der Waals surface area contributed by atoms with Crippen LogP contribution >= 0.6 is 12.2 Å². The quantitative estimate of drug-likeness (QED) is 0.850. The molecule has 0 atom stereocenters. The van der Waals surface area contributed by atoms with Gasteiger partial charge in [0.15, 0.2) is 5.11 Å². The van der Waals surface area contributed by atoms with Crippen LogP contribution in [0.5, 0.6) is 0 Å².